The van der Waals surface area contributed by atoms with Crippen LogP contribution in [-0.4, -0.2) is 43.7 Å². The first-order valence-electron chi connectivity index (χ1n) is 9.55. The topological polar surface area (TPSA) is 89.4 Å². The molecule has 154 valence electrons. The molecule has 1 atom stereocenters. The number of aromatic amines is 1. The molecule has 0 bridgehead atoms. The number of thioether (sulfide) groups is 1. The second-order valence-electron chi connectivity index (χ2n) is 7.26. The van der Waals surface area contributed by atoms with Crippen molar-refractivity contribution in [1.82, 2.24) is 19.6 Å². The standard InChI is InChI=1S/C22H22N4O3S/c1-11-10-17-24-25-22(26(17)16-9-7-6-8-15(11)16)30-14(4)20(27)19-12(2)18(13(3)23-19)21(28)29-5/h6-10,14,23H,1-5H3/t14-/m1/s1. The van der Waals surface area contributed by atoms with Crippen molar-refractivity contribution < 1.29 is 14.3 Å². The molecule has 3 aromatic heterocycles. The number of benzene rings is 1. The number of hydrogen-bond donors (Lipinski definition) is 1. The molecule has 0 saturated carbocycles. The van der Waals surface area contributed by atoms with E-state index in [0.717, 1.165) is 22.1 Å². The number of para-hydroxylation sites is 1. The van der Waals surface area contributed by atoms with Gasteiger partial charge < -0.3 is 9.72 Å². The third-order valence-corrected chi connectivity index (χ3v) is 6.34. The number of carbonyl (C=O) groups excluding carboxylic acids is 2. The molecule has 0 aliphatic heterocycles. The van der Waals surface area contributed by atoms with Gasteiger partial charge in [-0.15, -0.1) is 10.2 Å². The molecular weight excluding hydrogens is 400 g/mol. The molecule has 0 unspecified atom stereocenters. The van der Waals surface area contributed by atoms with Gasteiger partial charge in [-0.3, -0.25) is 9.20 Å². The van der Waals surface area contributed by atoms with E-state index in [1.807, 2.05) is 42.5 Å². The molecule has 0 aliphatic rings. The first-order valence-corrected chi connectivity index (χ1v) is 10.4. The predicted molar refractivity (Wildman–Crippen MR) is 116 cm³/mol. The number of Topliss-reactive ketones (excluding diaryl/α,β-unsaturated/α-hetero) is 1. The van der Waals surface area contributed by atoms with Crippen molar-refractivity contribution in [1.29, 1.82) is 0 Å². The third kappa shape index (κ3) is 3.17. The highest BCUT2D eigenvalue weighted by molar-refractivity contribution is 8.00. The van der Waals surface area contributed by atoms with Gasteiger partial charge in [0.15, 0.2) is 16.6 Å². The molecule has 4 aromatic rings. The number of hydrogen-bond acceptors (Lipinski definition) is 6. The fraction of sp³-hybridized carbons (Fsp3) is 0.273. The number of pyridine rings is 1. The zero-order valence-corrected chi connectivity index (χ0v) is 18.3. The highest BCUT2D eigenvalue weighted by Crippen LogP contribution is 2.30. The summed E-state index contributed by atoms with van der Waals surface area (Å²) in [7, 11) is 1.33. The lowest BCUT2D eigenvalue weighted by molar-refractivity contribution is 0.0599. The lowest BCUT2D eigenvalue weighted by Gasteiger charge is -2.11. The molecule has 4 rings (SSSR count). The number of rotatable bonds is 5. The van der Waals surface area contributed by atoms with E-state index in [1.54, 1.807) is 13.8 Å². The maximum absolute atomic E-state index is 13.2. The number of ether oxygens (including phenoxy) is 1. The van der Waals surface area contributed by atoms with E-state index in [-0.39, 0.29) is 5.78 Å². The number of esters is 1. The van der Waals surface area contributed by atoms with Crippen molar-refractivity contribution in [2.75, 3.05) is 7.11 Å². The van der Waals surface area contributed by atoms with Crippen LogP contribution < -0.4 is 0 Å². The second-order valence-corrected chi connectivity index (χ2v) is 8.57. The Balaban J connectivity index is 1.71. The van der Waals surface area contributed by atoms with Gasteiger partial charge >= 0.3 is 5.97 Å². The maximum atomic E-state index is 13.2. The number of fused-ring (bicyclic) bond motifs is 3. The molecular formula is C22H22N4O3S. The van der Waals surface area contributed by atoms with Crippen LogP contribution >= 0.6 is 11.8 Å². The van der Waals surface area contributed by atoms with Crippen LogP contribution in [0.5, 0.6) is 0 Å². The third-order valence-electron chi connectivity index (χ3n) is 5.30. The number of nitrogens with zero attached hydrogens (tertiary/aromatic N) is 3. The van der Waals surface area contributed by atoms with Crippen LogP contribution in [0.2, 0.25) is 0 Å². The summed E-state index contributed by atoms with van der Waals surface area (Å²) in [6, 6.07) is 10.1. The molecule has 8 heteroatoms. The molecule has 1 N–H and O–H groups in total. The van der Waals surface area contributed by atoms with Crippen LogP contribution in [-0.2, 0) is 4.74 Å². The SMILES string of the molecule is COC(=O)c1c(C)[nH]c(C(=O)[C@@H](C)Sc2nnc3cc(C)c4ccccc4n23)c1C. The molecule has 0 amide bonds. The highest BCUT2D eigenvalue weighted by Gasteiger charge is 2.27. The van der Waals surface area contributed by atoms with E-state index in [9.17, 15) is 9.59 Å². The van der Waals surface area contributed by atoms with Crippen LogP contribution in [0.4, 0.5) is 0 Å². The fourth-order valence-electron chi connectivity index (χ4n) is 3.77. The Morgan fingerprint density at radius 1 is 1.17 bits per heavy atom. The van der Waals surface area contributed by atoms with Gasteiger partial charge in [-0.1, -0.05) is 30.0 Å². The number of aryl methyl sites for hydroxylation is 2. The predicted octanol–water partition coefficient (Wildman–Crippen LogP) is 4.29. The summed E-state index contributed by atoms with van der Waals surface area (Å²) in [5.41, 5.74) is 4.92. The average Bonchev–Trinajstić information content (AvgIpc) is 3.27. The van der Waals surface area contributed by atoms with Gasteiger partial charge in [0.2, 0.25) is 0 Å². The fourth-order valence-corrected chi connectivity index (χ4v) is 4.70. The van der Waals surface area contributed by atoms with Crippen LogP contribution in [0.25, 0.3) is 16.6 Å². The minimum Gasteiger partial charge on any atom is -0.465 e. The Bertz CT molecular complexity index is 1300. The molecule has 7 nitrogen and oxygen atoms in total. The summed E-state index contributed by atoms with van der Waals surface area (Å²) < 4.78 is 6.81. The molecule has 0 aliphatic carbocycles. The first kappa shape index (κ1) is 20.2. The minimum absolute atomic E-state index is 0.107. The number of methoxy groups -OCH3 is 1. The van der Waals surface area contributed by atoms with Crippen molar-refractivity contribution >= 4 is 40.1 Å². The Morgan fingerprint density at radius 2 is 1.90 bits per heavy atom. The van der Waals surface area contributed by atoms with E-state index in [4.69, 9.17) is 4.74 Å². The Labute approximate surface area is 177 Å². The van der Waals surface area contributed by atoms with Gasteiger partial charge in [0, 0.05) is 11.1 Å². The van der Waals surface area contributed by atoms with Crippen LogP contribution in [0.3, 0.4) is 0 Å². The molecule has 0 radical (unpaired) electrons. The van der Waals surface area contributed by atoms with Crippen LogP contribution in [0.1, 0.15) is 44.6 Å². The second kappa shape index (κ2) is 7.60. The van der Waals surface area contributed by atoms with E-state index < -0.39 is 11.2 Å². The molecule has 0 spiro atoms. The van der Waals surface area contributed by atoms with E-state index in [0.29, 0.717) is 27.7 Å². The van der Waals surface area contributed by atoms with Crippen LogP contribution in [0, 0.1) is 20.8 Å². The molecule has 1 aromatic carbocycles. The van der Waals surface area contributed by atoms with Gasteiger partial charge in [-0.25, -0.2) is 4.79 Å². The summed E-state index contributed by atoms with van der Waals surface area (Å²) in [6.07, 6.45) is 0. The minimum atomic E-state index is -0.453. The number of aromatic nitrogens is 4. The van der Waals surface area contributed by atoms with Gasteiger partial charge in [0.25, 0.3) is 0 Å². The molecule has 3 heterocycles. The van der Waals surface area contributed by atoms with Crippen molar-refractivity contribution in [2.24, 2.45) is 0 Å². The summed E-state index contributed by atoms with van der Waals surface area (Å²) in [5, 5.41) is 9.96. The van der Waals surface area contributed by atoms with Gasteiger partial charge in [-0.05, 0) is 51.0 Å². The lowest BCUT2D eigenvalue weighted by atomic mass is 10.1. The molecule has 0 fully saturated rings. The zero-order valence-electron chi connectivity index (χ0n) is 17.4. The van der Waals surface area contributed by atoms with E-state index in [1.165, 1.54) is 18.9 Å². The average molecular weight is 423 g/mol. The zero-order chi connectivity index (χ0) is 21.6. The van der Waals surface area contributed by atoms with Crippen molar-refractivity contribution in [3.8, 4) is 0 Å². The summed E-state index contributed by atoms with van der Waals surface area (Å²) >= 11 is 1.34. The quantitative estimate of drug-likeness (QED) is 0.293. The summed E-state index contributed by atoms with van der Waals surface area (Å²) in [5.74, 6) is -0.560. The van der Waals surface area contributed by atoms with Crippen molar-refractivity contribution in [2.45, 2.75) is 38.1 Å². The van der Waals surface area contributed by atoms with Gasteiger partial charge in [0.05, 0.1) is 29.1 Å². The smallest absolute Gasteiger partial charge is 0.339 e. The Kier molecular flexibility index (Phi) is 5.11. The Hall–Kier alpha value is -3.13. The van der Waals surface area contributed by atoms with Crippen LogP contribution in [0.15, 0.2) is 35.5 Å². The largest absolute Gasteiger partial charge is 0.465 e. The van der Waals surface area contributed by atoms with E-state index >= 15 is 0 Å². The molecule has 30 heavy (non-hydrogen) atoms. The van der Waals surface area contributed by atoms with Crippen molar-refractivity contribution in [3.63, 3.8) is 0 Å². The number of H-pyrrole nitrogens is 1. The normalized spacial score (nSPS) is 12.4. The van der Waals surface area contributed by atoms with Crippen molar-refractivity contribution in [3.05, 3.63) is 58.4 Å². The number of nitrogens with one attached hydrogen (secondary N) is 1. The summed E-state index contributed by atoms with van der Waals surface area (Å²) in [4.78, 5) is 28.3. The number of ketones is 1. The van der Waals surface area contributed by atoms with E-state index in [2.05, 4.69) is 21.2 Å². The maximum Gasteiger partial charge on any atom is 0.339 e. The monoisotopic (exact) mass is 422 g/mol. The van der Waals surface area contributed by atoms with Gasteiger partial charge in [0.1, 0.15) is 0 Å². The molecule has 0 saturated heterocycles. The lowest BCUT2D eigenvalue weighted by Crippen LogP contribution is -2.16. The highest BCUT2D eigenvalue weighted by atomic mass is 32.2. The van der Waals surface area contributed by atoms with Gasteiger partial charge in [-0.2, -0.15) is 0 Å². The first-order chi connectivity index (χ1) is 14.3. The summed E-state index contributed by atoms with van der Waals surface area (Å²) in [6.45, 7) is 7.39. The Morgan fingerprint density at radius 3 is 2.63 bits per heavy atom. The number of carbonyl (C=O) groups is 2.